The van der Waals surface area contributed by atoms with Crippen molar-refractivity contribution in [2.24, 2.45) is 5.41 Å². The third kappa shape index (κ3) is 3.75. The third-order valence-corrected chi connectivity index (χ3v) is 8.51. The number of nitrogens with one attached hydrogen (secondary N) is 1. The summed E-state index contributed by atoms with van der Waals surface area (Å²) >= 11 is 12.7. The van der Waals surface area contributed by atoms with Crippen molar-refractivity contribution < 1.29 is 14.3 Å². The van der Waals surface area contributed by atoms with E-state index in [0.717, 1.165) is 55.3 Å². The van der Waals surface area contributed by atoms with Crippen molar-refractivity contribution in [3.8, 4) is 11.3 Å². The lowest BCUT2D eigenvalue weighted by molar-refractivity contribution is -0.160. The van der Waals surface area contributed by atoms with Gasteiger partial charge in [0.15, 0.2) is 0 Å². The van der Waals surface area contributed by atoms with Gasteiger partial charge < -0.3 is 10.1 Å². The summed E-state index contributed by atoms with van der Waals surface area (Å²) in [6.07, 6.45) is 4.46. The molecule has 7 heteroatoms. The largest absolute Gasteiger partial charge is 0.469 e. The van der Waals surface area contributed by atoms with Crippen LogP contribution in [0.5, 0.6) is 0 Å². The second kappa shape index (κ2) is 8.54. The molecule has 0 spiro atoms. The molecule has 3 fully saturated rings. The maximum atomic E-state index is 13.9. The van der Waals surface area contributed by atoms with E-state index < -0.39 is 5.41 Å². The number of hydrogen-bond acceptors (Lipinski definition) is 4. The summed E-state index contributed by atoms with van der Waals surface area (Å²) < 4.78 is 5.08. The minimum atomic E-state index is -0.398. The zero-order valence-corrected chi connectivity index (χ0v) is 20.7. The lowest BCUT2D eigenvalue weighted by Crippen LogP contribution is -2.58. The van der Waals surface area contributed by atoms with Gasteiger partial charge in [-0.3, -0.25) is 9.59 Å². The van der Waals surface area contributed by atoms with Gasteiger partial charge in [0.1, 0.15) is 0 Å². The number of carbonyl (C=O) groups excluding carboxylic acids is 2. The molecule has 1 heterocycles. The Morgan fingerprint density at radius 1 is 0.971 bits per heavy atom. The Hall–Kier alpha value is -2.63. The topological polar surface area (TPSA) is 68.3 Å². The molecule has 1 amide bonds. The summed E-state index contributed by atoms with van der Waals surface area (Å²) in [6, 6.07) is 13.2. The van der Waals surface area contributed by atoms with Crippen LogP contribution in [0.1, 0.15) is 54.4 Å². The van der Waals surface area contributed by atoms with Gasteiger partial charge in [0.05, 0.1) is 39.3 Å². The van der Waals surface area contributed by atoms with E-state index >= 15 is 0 Å². The second-order valence-corrected chi connectivity index (χ2v) is 10.4. The maximum Gasteiger partial charge on any atom is 0.311 e. The number of carbonyl (C=O) groups is 2. The number of methoxy groups -OCH3 is 1. The van der Waals surface area contributed by atoms with Crippen LogP contribution < -0.4 is 5.32 Å². The average Bonchev–Trinajstić information content (AvgIpc) is 2.85. The first-order valence-electron chi connectivity index (χ1n) is 11.5. The van der Waals surface area contributed by atoms with E-state index in [1.165, 1.54) is 7.11 Å². The standard InChI is InChI=1S/C27H26Cl2N2O3/c1-16-22(24(32)31-27-11-8-26(9-12-27,10-13-27)25(33)34-2)18-14-19(28)20(29)15-21(18)30-23(16)17-6-4-3-5-7-17/h3-7,14-15H,8-13H2,1-2H3,(H,31,32). The molecule has 0 radical (unpaired) electrons. The predicted molar refractivity (Wildman–Crippen MR) is 134 cm³/mol. The highest BCUT2D eigenvalue weighted by Crippen LogP contribution is 2.53. The average molecular weight is 497 g/mol. The Balaban J connectivity index is 1.56. The summed E-state index contributed by atoms with van der Waals surface area (Å²) in [7, 11) is 1.45. The van der Waals surface area contributed by atoms with E-state index in [1.54, 1.807) is 12.1 Å². The summed E-state index contributed by atoms with van der Waals surface area (Å²) in [5.74, 6) is -0.268. The van der Waals surface area contributed by atoms with Gasteiger partial charge in [-0.25, -0.2) is 4.98 Å². The summed E-state index contributed by atoms with van der Waals surface area (Å²) in [5.41, 5.74) is 2.93. The molecule has 3 saturated carbocycles. The van der Waals surface area contributed by atoms with Gasteiger partial charge in [0.25, 0.3) is 5.91 Å². The summed E-state index contributed by atoms with van der Waals surface area (Å²) in [6.45, 7) is 1.92. The normalized spacial score (nSPS) is 23.6. The van der Waals surface area contributed by atoms with E-state index in [2.05, 4.69) is 5.32 Å². The van der Waals surface area contributed by atoms with Gasteiger partial charge in [-0.05, 0) is 63.1 Å². The minimum absolute atomic E-state index is 0.123. The van der Waals surface area contributed by atoms with Gasteiger partial charge in [-0.2, -0.15) is 0 Å². The molecule has 176 valence electrons. The van der Waals surface area contributed by atoms with Gasteiger partial charge in [-0.15, -0.1) is 0 Å². The zero-order chi connectivity index (χ0) is 24.1. The van der Waals surface area contributed by atoms with Crippen LogP contribution in [0.15, 0.2) is 42.5 Å². The quantitative estimate of drug-likeness (QED) is 0.417. The van der Waals surface area contributed by atoms with Crippen molar-refractivity contribution in [2.75, 3.05) is 7.11 Å². The number of aromatic nitrogens is 1. The van der Waals surface area contributed by atoms with Crippen molar-refractivity contribution in [1.82, 2.24) is 10.3 Å². The SMILES string of the molecule is COC(=O)C12CCC(NC(=O)c3c(C)c(-c4ccccc4)nc4cc(Cl)c(Cl)cc34)(CC1)CC2. The highest BCUT2D eigenvalue weighted by atomic mass is 35.5. The third-order valence-electron chi connectivity index (χ3n) is 7.79. The molecule has 5 nitrogen and oxygen atoms in total. The fourth-order valence-electron chi connectivity index (χ4n) is 5.72. The summed E-state index contributed by atoms with van der Waals surface area (Å²) in [4.78, 5) is 31.1. The van der Waals surface area contributed by atoms with Crippen LogP contribution in [0.25, 0.3) is 22.2 Å². The van der Waals surface area contributed by atoms with Crippen LogP contribution in [0, 0.1) is 12.3 Å². The molecule has 3 aromatic rings. The Bertz CT molecular complexity index is 1280. The van der Waals surface area contributed by atoms with E-state index in [-0.39, 0.29) is 17.4 Å². The van der Waals surface area contributed by atoms with Crippen LogP contribution in [-0.2, 0) is 9.53 Å². The number of fused-ring (bicyclic) bond motifs is 4. The van der Waals surface area contributed by atoms with Crippen LogP contribution in [-0.4, -0.2) is 29.5 Å². The fourth-order valence-corrected chi connectivity index (χ4v) is 6.04. The number of benzene rings is 2. The van der Waals surface area contributed by atoms with E-state index in [0.29, 0.717) is 26.5 Å². The van der Waals surface area contributed by atoms with Gasteiger partial charge >= 0.3 is 5.97 Å². The minimum Gasteiger partial charge on any atom is -0.469 e. The smallest absolute Gasteiger partial charge is 0.311 e. The first kappa shape index (κ1) is 23.1. The number of halogens is 2. The molecule has 3 aliphatic carbocycles. The van der Waals surface area contributed by atoms with Crippen molar-refractivity contribution in [3.63, 3.8) is 0 Å². The molecule has 0 unspecified atom stereocenters. The van der Waals surface area contributed by atoms with E-state index in [4.69, 9.17) is 32.9 Å². The van der Waals surface area contributed by atoms with Gasteiger partial charge in [0, 0.05) is 16.5 Å². The van der Waals surface area contributed by atoms with Crippen molar-refractivity contribution in [3.05, 3.63) is 63.6 Å². The molecule has 2 aromatic carbocycles. The number of hydrogen-bond donors (Lipinski definition) is 1. The van der Waals surface area contributed by atoms with Gasteiger partial charge in [0.2, 0.25) is 0 Å². The maximum absolute atomic E-state index is 13.9. The Labute approximate surface area is 208 Å². The first-order valence-corrected chi connectivity index (χ1v) is 12.3. The monoisotopic (exact) mass is 496 g/mol. The number of nitrogens with zero attached hydrogens (tertiary/aromatic N) is 1. The number of rotatable bonds is 4. The molecule has 34 heavy (non-hydrogen) atoms. The second-order valence-electron chi connectivity index (χ2n) is 9.62. The Morgan fingerprint density at radius 3 is 2.21 bits per heavy atom. The molecule has 0 aliphatic heterocycles. The molecule has 0 atom stereocenters. The van der Waals surface area contributed by atoms with E-state index in [1.807, 2.05) is 37.3 Å². The predicted octanol–water partition coefficient (Wildman–Crippen LogP) is 6.51. The van der Waals surface area contributed by atoms with Gasteiger partial charge in [-0.1, -0.05) is 53.5 Å². The molecule has 0 saturated heterocycles. The van der Waals surface area contributed by atoms with Crippen LogP contribution in [0.2, 0.25) is 10.0 Å². The zero-order valence-electron chi connectivity index (χ0n) is 19.2. The van der Waals surface area contributed by atoms with Crippen molar-refractivity contribution >= 4 is 46.0 Å². The number of esters is 1. The lowest BCUT2D eigenvalue weighted by atomic mass is 9.57. The molecule has 6 rings (SSSR count). The lowest BCUT2D eigenvalue weighted by Gasteiger charge is -2.52. The fraction of sp³-hybridized carbons (Fsp3) is 0.370. The Morgan fingerprint density at radius 2 is 1.59 bits per heavy atom. The Kier molecular flexibility index (Phi) is 5.81. The first-order chi connectivity index (χ1) is 16.3. The molecular formula is C27H26Cl2N2O3. The van der Waals surface area contributed by atoms with Crippen LogP contribution in [0.3, 0.4) is 0 Å². The number of ether oxygens (including phenoxy) is 1. The number of amides is 1. The molecule has 3 aliphatic rings. The molecular weight excluding hydrogens is 471 g/mol. The molecule has 1 N–H and O–H groups in total. The van der Waals surface area contributed by atoms with Crippen molar-refractivity contribution in [2.45, 2.75) is 51.0 Å². The van der Waals surface area contributed by atoms with Crippen LogP contribution in [0.4, 0.5) is 0 Å². The molecule has 2 bridgehead atoms. The van der Waals surface area contributed by atoms with E-state index in [9.17, 15) is 9.59 Å². The summed E-state index contributed by atoms with van der Waals surface area (Å²) in [5, 5.41) is 4.82. The number of pyridine rings is 1. The van der Waals surface area contributed by atoms with Crippen molar-refractivity contribution in [1.29, 1.82) is 0 Å². The highest BCUT2D eigenvalue weighted by Gasteiger charge is 2.53. The van der Waals surface area contributed by atoms with Crippen LogP contribution >= 0.6 is 23.2 Å². The highest BCUT2D eigenvalue weighted by molar-refractivity contribution is 6.43. The molecule has 1 aromatic heterocycles.